The van der Waals surface area contributed by atoms with Crippen molar-refractivity contribution < 1.29 is 19.1 Å². The van der Waals surface area contributed by atoms with E-state index in [1.807, 2.05) is 4.90 Å². The SMILES string of the molecule is O=C(Nc1ccccc1F)C(=O)N1CCN(CCO)CC1. The first-order chi connectivity index (χ1) is 10.1. The van der Waals surface area contributed by atoms with Gasteiger partial charge in [0.1, 0.15) is 5.82 Å². The highest BCUT2D eigenvalue weighted by Gasteiger charge is 2.26. The molecule has 7 heteroatoms. The molecular weight excluding hydrogens is 277 g/mol. The van der Waals surface area contributed by atoms with Gasteiger partial charge in [-0.15, -0.1) is 0 Å². The highest BCUT2D eigenvalue weighted by atomic mass is 19.1. The number of aliphatic hydroxyl groups is 1. The Morgan fingerprint density at radius 3 is 2.48 bits per heavy atom. The molecule has 0 spiro atoms. The Hall–Kier alpha value is -1.99. The number of amides is 2. The molecule has 114 valence electrons. The molecule has 1 aromatic carbocycles. The topological polar surface area (TPSA) is 72.9 Å². The number of hydrogen-bond acceptors (Lipinski definition) is 4. The van der Waals surface area contributed by atoms with E-state index in [1.54, 1.807) is 6.07 Å². The summed E-state index contributed by atoms with van der Waals surface area (Å²) in [5, 5.41) is 11.1. The van der Waals surface area contributed by atoms with E-state index < -0.39 is 17.6 Å². The van der Waals surface area contributed by atoms with Gasteiger partial charge >= 0.3 is 11.8 Å². The number of β-amino-alcohol motifs (C(OH)–C–C–N with tert-alkyl or cyclic N) is 1. The summed E-state index contributed by atoms with van der Waals surface area (Å²) < 4.78 is 13.4. The van der Waals surface area contributed by atoms with Crippen LogP contribution in [0.25, 0.3) is 0 Å². The second-order valence-corrected chi connectivity index (χ2v) is 4.79. The molecule has 2 amide bonds. The van der Waals surface area contributed by atoms with E-state index in [0.717, 1.165) is 0 Å². The fourth-order valence-corrected chi connectivity index (χ4v) is 2.20. The third kappa shape index (κ3) is 3.99. The van der Waals surface area contributed by atoms with Crippen LogP contribution in [-0.4, -0.2) is 66.1 Å². The Morgan fingerprint density at radius 2 is 1.86 bits per heavy atom. The molecule has 1 aromatic rings. The van der Waals surface area contributed by atoms with Crippen LogP contribution < -0.4 is 5.32 Å². The van der Waals surface area contributed by atoms with Gasteiger partial charge < -0.3 is 15.3 Å². The van der Waals surface area contributed by atoms with Gasteiger partial charge in [0.2, 0.25) is 0 Å². The molecule has 0 saturated carbocycles. The number of carbonyl (C=O) groups excluding carboxylic acids is 2. The van der Waals surface area contributed by atoms with Crippen LogP contribution in [0.3, 0.4) is 0 Å². The molecular formula is C14H18FN3O3. The lowest BCUT2D eigenvalue weighted by molar-refractivity contribution is -0.144. The number of para-hydroxylation sites is 1. The first-order valence-electron chi connectivity index (χ1n) is 6.80. The minimum absolute atomic E-state index is 0.00485. The molecule has 1 aliphatic heterocycles. The molecule has 0 atom stereocenters. The Labute approximate surface area is 122 Å². The lowest BCUT2D eigenvalue weighted by atomic mass is 10.2. The summed E-state index contributed by atoms with van der Waals surface area (Å²) in [6.07, 6.45) is 0. The van der Waals surface area contributed by atoms with Crippen molar-refractivity contribution in [2.75, 3.05) is 44.6 Å². The van der Waals surface area contributed by atoms with Crippen LogP contribution in [0, 0.1) is 5.82 Å². The predicted octanol–water partition coefficient (Wildman–Crippen LogP) is -0.0993. The molecule has 21 heavy (non-hydrogen) atoms. The average Bonchev–Trinajstić information content (AvgIpc) is 2.50. The standard InChI is InChI=1S/C14H18FN3O3/c15-11-3-1-2-4-12(11)16-13(20)14(21)18-7-5-17(6-8-18)9-10-19/h1-4,19H,5-10H2,(H,16,20). The van der Waals surface area contributed by atoms with Gasteiger partial charge in [0.25, 0.3) is 0 Å². The second-order valence-electron chi connectivity index (χ2n) is 4.79. The lowest BCUT2D eigenvalue weighted by Crippen LogP contribution is -2.52. The van der Waals surface area contributed by atoms with Crippen molar-refractivity contribution in [2.45, 2.75) is 0 Å². The van der Waals surface area contributed by atoms with E-state index in [2.05, 4.69) is 5.32 Å². The molecule has 1 aliphatic rings. The zero-order chi connectivity index (χ0) is 15.2. The number of carbonyl (C=O) groups is 2. The summed E-state index contributed by atoms with van der Waals surface area (Å²) in [6.45, 7) is 2.69. The maximum Gasteiger partial charge on any atom is 0.313 e. The number of rotatable bonds is 3. The van der Waals surface area contributed by atoms with E-state index in [0.29, 0.717) is 32.7 Å². The van der Waals surface area contributed by atoms with Gasteiger partial charge in [-0.2, -0.15) is 0 Å². The van der Waals surface area contributed by atoms with Crippen LogP contribution in [0.5, 0.6) is 0 Å². The molecule has 0 aliphatic carbocycles. The van der Waals surface area contributed by atoms with Gasteiger partial charge in [-0.1, -0.05) is 12.1 Å². The Morgan fingerprint density at radius 1 is 1.19 bits per heavy atom. The predicted molar refractivity (Wildman–Crippen MR) is 75.1 cm³/mol. The molecule has 0 unspecified atom stereocenters. The first-order valence-corrected chi connectivity index (χ1v) is 6.80. The monoisotopic (exact) mass is 295 g/mol. The van der Waals surface area contributed by atoms with E-state index >= 15 is 0 Å². The summed E-state index contributed by atoms with van der Waals surface area (Å²) in [7, 11) is 0. The van der Waals surface area contributed by atoms with Gasteiger partial charge in [0, 0.05) is 32.7 Å². The van der Waals surface area contributed by atoms with Crippen molar-refractivity contribution >= 4 is 17.5 Å². The van der Waals surface area contributed by atoms with Gasteiger partial charge in [0.15, 0.2) is 0 Å². The molecule has 6 nitrogen and oxygen atoms in total. The number of nitrogens with one attached hydrogen (secondary N) is 1. The number of aliphatic hydroxyl groups excluding tert-OH is 1. The van der Waals surface area contributed by atoms with Crippen molar-refractivity contribution in [2.24, 2.45) is 0 Å². The fraction of sp³-hybridized carbons (Fsp3) is 0.429. The molecule has 1 heterocycles. The van der Waals surface area contributed by atoms with Crippen LogP contribution in [-0.2, 0) is 9.59 Å². The normalized spacial score (nSPS) is 15.8. The van der Waals surface area contributed by atoms with Crippen LogP contribution in [0.4, 0.5) is 10.1 Å². The van der Waals surface area contributed by atoms with E-state index in [-0.39, 0.29) is 12.3 Å². The number of anilines is 1. The highest BCUT2D eigenvalue weighted by molar-refractivity contribution is 6.39. The van der Waals surface area contributed by atoms with Crippen LogP contribution in [0.15, 0.2) is 24.3 Å². The van der Waals surface area contributed by atoms with Gasteiger partial charge in [-0.05, 0) is 12.1 Å². The minimum Gasteiger partial charge on any atom is -0.395 e. The van der Waals surface area contributed by atoms with E-state index in [1.165, 1.54) is 23.1 Å². The van der Waals surface area contributed by atoms with Crippen molar-refractivity contribution in [1.82, 2.24) is 9.80 Å². The van der Waals surface area contributed by atoms with Crippen molar-refractivity contribution in [3.8, 4) is 0 Å². The van der Waals surface area contributed by atoms with Crippen LogP contribution >= 0.6 is 0 Å². The molecule has 0 bridgehead atoms. The summed E-state index contributed by atoms with van der Waals surface area (Å²) in [5.41, 5.74) is -0.00485. The molecule has 1 saturated heterocycles. The Balaban J connectivity index is 1.89. The highest BCUT2D eigenvalue weighted by Crippen LogP contribution is 2.12. The third-order valence-electron chi connectivity index (χ3n) is 3.39. The molecule has 2 N–H and O–H groups in total. The molecule has 2 rings (SSSR count). The van der Waals surface area contributed by atoms with Crippen molar-refractivity contribution in [3.63, 3.8) is 0 Å². The maximum atomic E-state index is 13.4. The summed E-state index contributed by atoms with van der Waals surface area (Å²) >= 11 is 0. The fourth-order valence-electron chi connectivity index (χ4n) is 2.20. The van der Waals surface area contributed by atoms with Gasteiger partial charge in [-0.25, -0.2) is 4.39 Å². The van der Waals surface area contributed by atoms with Crippen LogP contribution in [0.1, 0.15) is 0 Å². The summed E-state index contributed by atoms with van der Waals surface area (Å²) in [4.78, 5) is 27.3. The minimum atomic E-state index is -0.837. The molecule has 0 radical (unpaired) electrons. The largest absolute Gasteiger partial charge is 0.395 e. The zero-order valence-corrected chi connectivity index (χ0v) is 11.6. The number of nitrogens with zero attached hydrogens (tertiary/aromatic N) is 2. The second kappa shape index (κ2) is 7.14. The first kappa shape index (κ1) is 15.4. The smallest absolute Gasteiger partial charge is 0.313 e. The lowest BCUT2D eigenvalue weighted by Gasteiger charge is -2.33. The molecule has 1 fully saturated rings. The van der Waals surface area contributed by atoms with E-state index in [4.69, 9.17) is 5.11 Å². The number of halogens is 1. The van der Waals surface area contributed by atoms with Gasteiger partial charge in [0.05, 0.1) is 12.3 Å². The summed E-state index contributed by atoms with van der Waals surface area (Å²) in [6, 6.07) is 5.71. The third-order valence-corrected chi connectivity index (χ3v) is 3.39. The Bertz CT molecular complexity index is 516. The van der Waals surface area contributed by atoms with Gasteiger partial charge in [-0.3, -0.25) is 14.5 Å². The zero-order valence-electron chi connectivity index (χ0n) is 11.6. The number of benzene rings is 1. The van der Waals surface area contributed by atoms with Crippen molar-refractivity contribution in [3.05, 3.63) is 30.1 Å². The number of hydrogen-bond donors (Lipinski definition) is 2. The van der Waals surface area contributed by atoms with E-state index in [9.17, 15) is 14.0 Å². The number of piperazine rings is 1. The van der Waals surface area contributed by atoms with Crippen molar-refractivity contribution in [1.29, 1.82) is 0 Å². The summed E-state index contributed by atoms with van der Waals surface area (Å²) in [5.74, 6) is -2.08. The quantitative estimate of drug-likeness (QED) is 0.764. The Kier molecular flexibility index (Phi) is 5.24. The molecule has 0 aromatic heterocycles. The van der Waals surface area contributed by atoms with Crippen LogP contribution in [0.2, 0.25) is 0 Å². The maximum absolute atomic E-state index is 13.4. The average molecular weight is 295 g/mol.